The van der Waals surface area contributed by atoms with Crippen molar-refractivity contribution in [3.05, 3.63) is 6.92 Å². The molecule has 0 fully saturated rings. The maximum atomic E-state index is 9.43. The minimum Gasteiger partial charge on any atom is -1.00 e. The fraction of sp³-hybridized carbons (Fsp3) is 0.885. The molecular formula is C26H52KLiO4. The van der Waals surface area contributed by atoms with Crippen LogP contribution in [0.4, 0.5) is 0 Å². The van der Waals surface area contributed by atoms with Gasteiger partial charge in [-0.15, -0.1) is 0 Å². The molecule has 0 bridgehead atoms. The molecule has 0 aliphatic carbocycles. The summed E-state index contributed by atoms with van der Waals surface area (Å²) in [7, 11) is 0. The van der Waals surface area contributed by atoms with Gasteiger partial charge in [0.2, 0.25) is 0 Å². The molecule has 0 saturated heterocycles. The van der Waals surface area contributed by atoms with Crippen molar-refractivity contribution in [2.24, 2.45) is 5.92 Å². The Morgan fingerprint density at radius 3 is 1.09 bits per heavy atom. The number of carboxylic acids is 2. The van der Waals surface area contributed by atoms with Gasteiger partial charge in [-0.05, 0) is 0 Å². The van der Waals surface area contributed by atoms with Crippen LogP contribution in [0.2, 0.25) is 0 Å². The van der Waals surface area contributed by atoms with E-state index < -0.39 is 18.4 Å². The van der Waals surface area contributed by atoms with Crippen molar-refractivity contribution in [1.82, 2.24) is 0 Å². The molecule has 1 atom stereocenters. The van der Waals surface area contributed by atoms with Crippen LogP contribution >= 0.6 is 0 Å². The molecule has 4 nitrogen and oxygen atoms in total. The molecule has 0 heterocycles. The third-order valence-corrected chi connectivity index (χ3v) is 5.48. The second kappa shape index (κ2) is 34.3. The molecule has 0 saturated carbocycles. The molecule has 32 heavy (non-hydrogen) atoms. The standard InChI is InChI=1S/C23H47.C3H4O4.K.Li.H/c1-4-6-8-10-12-13-14-16-18-20-22-23(3)21-19-17-15-11-9-7-5-2;4-2(5)1-3(6)7;;;/h23H,3-22H2,1-2H3;1H2,(H,4,5)(H,6,7);;;/q-1;;2*+1;-1. The molecule has 2 N–H and O–H groups in total. The average molecular weight is 475 g/mol. The Balaban J connectivity index is -0.000000227. The van der Waals surface area contributed by atoms with Crippen LogP contribution in [0.15, 0.2) is 0 Å². The van der Waals surface area contributed by atoms with E-state index in [2.05, 4.69) is 20.8 Å². The SMILES string of the molecule is O=C(O)CC(=O)O.[CH2-]C(CCCCCCCCC)CCCCCCCCCCCC.[H-].[K+].[Li+]. The van der Waals surface area contributed by atoms with E-state index in [0.717, 1.165) is 5.92 Å². The van der Waals surface area contributed by atoms with Crippen molar-refractivity contribution in [2.45, 2.75) is 142 Å². The molecule has 0 aromatic carbocycles. The molecule has 0 rings (SSSR count). The number of hydrogen-bond donors (Lipinski definition) is 2. The summed E-state index contributed by atoms with van der Waals surface area (Å²) in [6.07, 6.45) is 26.4. The van der Waals surface area contributed by atoms with Gasteiger partial charge in [-0.3, -0.25) is 9.59 Å². The predicted molar refractivity (Wildman–Crippen MR) is 129 cm³/mol. The van der Waals surface area contributed by atoms with Crippen molar-refractivity contribution in [3.63, 3.8) is 0 Å². The molecule has 6 heteroatoms. The van der Waals surface area contributed by atoms with Gasteiger partial charge in [0.25, 0.3) is 0 Å². The Labute approximate surface area is 255 Å². The van der Waals surface area contributed by atoms with Crippen LogP contribution in [0.25, 0.3) is 0 Å². The molecule has 0 amide bonds. The summed E-state index contributed by atoms with van der Waals surface area (Å²) >= 11 is 0. The number of rotatable bonds is 21. The van der Waals surface area contributed by atoms with Crippen LogP contribution in [-0.4, -0.2) is 22.2 Å². The molecule has 0 radical (unpaired) electrons. The topological polar surface area (TPSA) is 74.6 Å². The summed E-state index contributed by atoms with van der Waals surface area (Å²) in [5, 5.41) is 15.4. The van der Waals surface area contributed by atoms with Crippen LogP contribution in [-0.2, 0) is 9.59 Å². The van der Waals surface area contributed by atoms with E-state index >= 15 is 0 Å². The van der Waals surface area contributed by atoms with E-state index in [-0.39, 0.29) is 71.7 Å². The van der Waals surface area contributed by atoms with Gasteiger partial charge in [-0.1, -0.05) is 136 Å². The van der Waals surface area contributed by atoms with Crippen molar-refractivity contribution in [2.75, 3.05) is 0 Å². The van der Waals surface area contributed by atoms with E-state index in [1.54, 1.807) is 0 Å². The molecular weight excluding hydrogens is 422 g/mol. The molecule has 1 unspecified atom stereocenters. The Hall–Kier alpha value is 1.17. The van der Waals surface area contributed by atoms with E-state index in [0.29, 0.717) is 0 Å². The van der Waals surface area contributed by atoms with Crippen LogP contribution in [0.1, 0.15) is 144 Å². The second-order valence-corrected chi connectivity index (χ2v) is 8.71. The van der Waals surface area contributed by atoms with Gasteiger partial charge in [0, 0.05) is 0 Å². The zero-order valence-electron chi connectivity index (χ0n) is 23.1. The number of carboxylic acid groups (broad SMARTS) is 2. The van der Waals surface area contributed by atoms with Crippen molar-refractivity contribution in [1.29, 1.82) is 0 Å². The van der Waals surface area contributed by atoms with Crippen molar-refractivity contribution in [3.8, 4) is 0 Å². The molecule has 0 aliphatic rings. The number of hydrogen-bond acceptors (Lipinski definition) is 2. The largest absolute Gasteiger partial charge is 1.00 e. The first-order valence-electron chi connectivity index (χ1n) is 12.7. The van der Waals surface area contributed by atoms with E-state index in [9.17, 15) is 9.59 Å². The monoisotopic (exact) mass is 474 g/mol. The summed E-state index contributed by atoms with van der Waals surface area (Å²) in [6, 6.07) is 0. The smallest absolute Gasteiger partial charge is 1.00 e. The molecule has 0 aromatic rings. The van der Waals surface area contributed by atoms with E-state index in [1.807, 2.05) is 0 Å². The van der Waals surface area contributed by atoms with Gasteiger partial charge >= 0.3 is 82.2 Å². The molecule has 0 aliphatic heterocycles. The fourth-order valence-electron chi connectivity index (χ4n) is 3.58. The fourth-order valence-corrected chi connectivity index (χ4v) is 3.58. The minimum absolute atomic E-state index is 0. The number of unbranched alkanes of at least 4 members (excludes halogenated alkanes) is 15. The van der Waals surface area contributed by atoms with Gasteiger partial charge in [-0.2, -0.15) is 5.92 Å². The minimum atomic E-state index is -1.31. The maximum Gasteiger partial charge on any atom is 1.00 e. The van der Waals surface area contributed by atoms with Crippen molar-refractivity contribution >= 4 is 11.9 Å². The van der Waals surface area contributed by atoms with E-state index in [4.69, 9.17) is 10.2 Å². The molecule has 0 spiro atoms. The van der Waals surface area contributed by atoms with Crippen LogP contribution in [0.5, 0.6) is 0 Å². The quantitative estimate of drug-likeness (QED) is 0.116. The first-order valence-corrected chi connectivity index (χ1v) is 12.7. The van der Waals surface area contributed by atoms with E-state index in [1.165, 1.54) is 122 Å². The average Bonchev–Trinajstić information content (AvgIpc) is 2.68. The van der Waals surface area contributed by atoms with Gasteiger partial charge < -0.3 is 18.6 Å². The summed E-state index contributed by atoms with van der Waals surface area (Å²) in [5.41, 5.74) is 0. The zero-order valence-corrected chi connectivity index (χ0v) is 25.3. The summed E-state index contributed by atoms with van der Waals surface area (Å²) in [6.45, 7) is 8.95. The Morgan fingerprint density at radius 1 is 0.625 bits per heavy atom. The van der Waals surface area contributed by atoms with Gasteiger partial charge in [-0.25, -0.2) is 0 Å². The second-order valence-electron chi connectivity index (χ2n) is 8.71. The molecule has 0 aromatic heterocycles. The normalized spacial score (nSPS) is 10.8. The van der Waals surface area contributed by atoms with Crippen molar-refractivity contribution < 1.29 is 91.5 Å². The predicted octanol–water partition coefficient (Wildman–Crippen LogP) is 2.55. The maximum absolute atomic E-state index is 9.43. The van der Waals surface area contributed by atoms with Crippen LogP contribution in [0, 0.1) is 12.8 Å². The Kier molecular flexibility index (Phi) is 43.3. The van der Waals surface area contributed by atoms with Crippen LogP contribution < -0.4 is 70.2 Å². The summed E-state index contributed by atoms with van der Waals surface area (Å²) in [4.78, 5) is 18.9. The summed E-state index contributed by atoms with van der Waals surface area (Å²) < 4.78 is 0. The number of carbonyl (C=O) groups is 2. The van der Waals surface area contributed by atoms with Gasteiger partial charge in [0.05, 0.1) is 0 Å². The third-order valence-electron chi connectivity index (χ3n) is 5.48. The summed E-state index contributed by atoms with van der Waals surface area (Å²) in [5.74, 6) is -1.90. The zero-order chi connectivity index (χ0) is 22.9. The Morgan fingerprint density at radius 2 is 0.875 bits per heavy atom. The first kappa shape index (κ1) is 40.3. The van der Waals surface area contributed by atoms with Gasteiger partial charge in [0.15, 0.2) is 0 Å². The molecule has 182 valence electrons. The van der Waals surface area contributed by atoms with Crippen LogP contribution in [0.3, 0.4) is 0 Å². The first-order chi connectivity index (χ1) is 14.4. The van der Waals surface area contributed by atoms with Gasteiger partial charge in [0.1, 0.15) is 6.42 Å². The number of aliphatic carboxylic acids is 2. The Bertz CT molecular complexity index is 375. The third kappa shape index (κ3) is 41.4.